The van der Waals surface area contributed by atoms with Crippen molar-refractivity contribution in [1.29, 1.82) is 0 Å². The van der Waals surface area contributed by atoms with Crippen LogP contribution in [0.5, 0.6) is 0 Å². The molecule has 0 aromatic rings. The Morgan fingerprint density at radius 1 is 0.284 bits per heavy atom. The minimum atomic E-state index is -0.776. The molecule has 0 aliphatic rings. The Hall–Kier alpha value is -3.41. The van der Waals surface area contributed by atoms with E-state index >= 15 is 0 Å². The Morgan fingerprint density at radius 2 is 0.527 bits per heavy atom. The van der Waals surface area contributed by atoms with Gasteiger partial charge in [0.1, 0.15) is 13.2 Å². The number of esters is 3. The van der Waals surface area contributed by atoms with Gasteiger partial charge in [0.05, 0.1) is 0 Å². The van der Waals surface area contributed by atoms with Gasteiger partial charge in [-0.25, -0.2) is 0 Å². The Balaban J connectivity index is 3.97. The maximum Gasteiger partial charge on any atom is 0.306 e. The van der Waals surface area contributed by atoms with Gasteiger partial charge in [-0.1, -0.05) is 286 Å². The summed E-state index contributed by atoms with van der Waals surface area (Å²) in [7, 11) is 0. The van der Waals surface area contributed by atoms with E-state index in [-0.39, 0.29) is 31.1 Å². The fourth-order valence-corrected chi connectivity index (χ4v) is 8.98. The molecule has 0 bridgehead atoms. The zero-order chi connectivity index (χ0) is 53.6. The lowest BCUT2D eigenvalue weighted by Crippen LogP contribution is -2.30. The summed E-state index contributed by atoms with van der Waals surface area (Å²) >= 11 is 0. The Labute approximate surface area is 458 Å². The van der Waals surface area contributed by atoms with Crippen molar-refractivity contribution in [2.45, 2.75) is 316 Å². The summed E-state index contributed by atoms with van der Waals surface area (Å²) in [6.07, 6.45) is 82.1. The molecule has 0 fully saturated rings. The van der Waals surface area contributed by atoms with Gasteiger partial charge in [-0.3, -0.25) is 14.4 Å². The van der Waals surface area contributed by atoms with Gasteiger partial charge in [0.15, 0.2) is 6.10 Å². The molecule has 0 saturated heterocycles. The largest absolute Gasteiger partial charge is 0.462 e. The zero-order valence-corrected chi connectivity index (χ0v) is 48.8. The second-order valence-electron chi connectivity index (χ2n) is 20.9. The van der Waals surface area contributed by atoms with E-state index in [0.717, 1.165) is 109 Å². The molecular formula is C68H118O6. The van der Waals surface area contributed by atoms with Crippen LogP contribution < -0.4 is 0 Å². The molecule has 1 atom stereocenters. The van der Waals surface area contributed by atoms with Crippen molar-refractivity contribution in [3.8, 4) is 0 Å². The highest BCUT2D eigenvalue weighted by atomic mass is 16.6. The minimum absolute atomic E-state index is 0.0767. The van der Waals surface area contributed by atoms with E-state index in [0.29, 0.717) is 19.3 Å². The number of ether oxygens (including phenoxy) is 3. The van der Waals surface area contributed by atoms with Gasteiger partial charge >= 0.3 is 17.9 Å². The molecule has 426 valence electrons. The van der Waals surface area contributed by atoms with Gasteiger partial charge in [-0.15, -0.1) is 0 Å². The minimum Gasteiger partial charge on any atom is -0.462 e. The predicted molar refractivity (Wildman–Crippen MR) is 321 cm³/mol. The van der Waals surface area contributed by atoms with Crippen LogP contribution in [0.1, 0.15) is 310 Å². The summed E-state index contributed by atoms with van der Waals surface area (Å²) in [5.74, 6) is -0.885. The van der Waals surface area contributed by atoms with Crippen LogP contribution in [0.15, 0.2) is 85.1 Å². The van der Waals surface area contributed by atoms with Gasteiger partial charge in [0.25, 0.3) is 0 Å². The molecule has 0 saturated carbocycles. The Morgan fingerprint density at radius 3 is 0.824 bits per heavy atom. The number of allylic oxidation sites excluding steroid dienone is 14. The summed E-state index contributed by atoms with van der Waals surface area (Å²) in [4.78, 5) is 37.9. The number of hydrogen-bond donors (Lipinski definition) is 0. The van der Waals surface area contributed by atoms with Crippen LogP contribution >= 0.6 is 0 Å². The summed E-state index contributed by atoms with van der Waals surface area (Å²) in [5.41, 5.74) is 0. The summed E-state index contributed by atoms with van der Waals surface area (Å²) in [5, 5.41) is 0. The van der Waals surface area contributed by atoms with E-state index in [1.165, 1.54) is 161 Å². The van der Waals surface area contributed by atoms with Crippen molar-refractivity contribution in [1.82, 2.24) is 0 Å². The van der Waals surface area contributed by atoms with Crippen LogP contribution in [0.25, 0.3) is 0 Å². The smallest absolute Gasteiger partial charge is 0.306 e. The van der Waals surface area contributed by atoms with Crippen molar-refractivity contribution < 1.29 is 28.6 Å². The predicted octanol–water partition coefficient (Wildman–Crippen LogP) is 21.5. The fraction of sp³-hybridized carbons (Fsp3) is 0.750. The van der Waals surface area contributed by atoms with Crippen LogP contribution in [0.4, 0.5) is 0 Å². The van der Waals surface area contributed by atoms with Crippen LogP contribution in [0.2, 0.25) is 0 Å². The second-order valence-corrected chi connectivity index (χ2v) is 20.9. The number of carbonyl (C=O) groups is 3. The number of carbonyl (C=O) groups excluding carboxylic acids is 3. The Kier molecular flexibility index (Phi) is 59.3. The quantitative estimate of drug-likeness (QED) is 0.0261. The molecule has 0 heterocycles. The zero-order valence-electron chi connectivity index (χ0n) is 48.8. The first-order valence-corrected chi connectivity index (χ1v) is 31.6. The SMILES string of the molecule is CC/C=C\C/C=C\C/C=C\C/C=C\CCCCCCCCCCCCCCCCCCCCCCC(=O)OCC(COC(=O)CCCCCCCC)OC(=O)CCCCCCCCC/C=C\C/C=C\C/C=C\CC. The van der Waals surface area contributed by atoms with E-state index in [2.05, 4.69) is 106 Å². The molecule has 0 aliphatic carbocycles. The maximum atomic E-state index is 12.8. The molecule has 0 rings (SSSR count). The fourth-order valence-electron chi connectivity index (χ4n) is 8.98. The van der Waals surface area contributed by atoms with Gasteiger partial charge in [0.2, 0.25) is 0 Å². The lowest BCUT2D eigenvalue weighted by molar-refractivity contribution is -0.167. The van der Waals surface area contributed by atoms with Crippen LogP contribution in [0.3, 0.4) is 0 Å². The van der Waals surface area contributed by atoms with E-state index < -0.39 is 6.10 Å². The highest BCUT2D eigenvalue weighted by Crippen LogP contribution is 2.17. The molecule has 0 aromatic carbocycles. The topological polar surface area (TPSA) is 78.9 Å². The van der Waals surface area contributed by atoms with E-state index in [1.54, 1.807) is 0 Å². The van der Waals surface area contributed by atoms with E-state index in [4.69, 9.17) is 14.2 Å². The first kappa shape index (κ1) is 70.6. The summed E-state index contributed by atoms with van der Waals surface area (Å²) in [6.45, 7) is 6.37. The maximum absolute atomic E-state index is 12.8. The standard InChI is InChI=1S/C68H118O6/c1-4-7-10-13-16-18-20-22-24-26-27-28-29-30-31-32-33-34-35-36-37-38-39-40-41-43-44-46-48-50-52-55-58-61-67(70)73-64-65(63-72-66(69)60-57-54-15-12-9-6-3)74-68(71)62-59-56-53-51-49-47-45-42-25-23-21-19-17-14-11-8-5-2/h7-8,10-11,16-19,22-25,27-28,65H,4-6,9,12-15,20-21,26,29-64H2,1-3H3/b10-7-,11-8-,18-16-,19-17-,24-22-,25-23-,28-27-. The van der Waals surface area contributed by atoms with Gasteiger partial charge in [0, 0.05) is 19.3 Å². The molecule has 0 amide bonds. The molecule has 6 heteroatoms. The van der Waals surface area contributed by atoms with E-state index in [9.17, 15) is 14.4 Å². The molecule has 0 aromatic heterocycles. The molecule has 0 N–H and O–H groups in total. The first-order valence-electron chi connectivity index (χ1n) is 31.6. The van der Waals surface area contributed by atoms with Gasteiger partial charge < -0.3 is 14.2 Å². The molecule has 0 spiro atoms. The highest BCUT2D eigenvalue weighted by molar-refractivity contribution is 5.71. The molecule has 0 aliphatic heterocycles. The van der Waals surface area contributed by atoms with Crippen molar-refractivity contribution >= 4 is 17.9 Å². The molecule has 6 nitrogen and oxygen atoms in total. The highest BCUT2D eigenvalue weighted by Gasteiger charge is 2.19. The molecule has 74 heavy (non-hydrogen) atoms. The second kappa shape index (κ2) is 62.1. The third kappa shape index (κ3) is 59.5. The number of unbranched alkanes of at least 4 members (excludes halogenated alkanes) is 32. The summed E-state index contributed by atoms with van der Waals surface area (Å²) < 4.78 is 16.8. The van der Waals surface area contributed by atoms with Gasteiger partial charge in [-0.2, -0.15) is 0 Å². The third-order valence-electron chi connectivity index (χ3n) is 13.6. The molecule has 0 radical (unpaired) electrons. The normalized spacial score (nSPS) is 12.6. The number of hydrogen-bond acceptors (Lipinski definition) is 6. The Bertz CT molecular complexity index is 1420. The van der Waals surface area contributed by atoms with Crippen LogP contribution in [-0.2, 0) is 28.6 Å². The van der Waals surface area contributed by atoms with Crippen LogP contribution in [0, 0.1) is 0 Å². The van der Waals surface area contributed by atoms with Crippen molar-refractivity contribution in [3.05, 3.63) is 85.1 Å². The molecule has 1 unspecified atom stereocenters. The lowest BCUT2D eigenvalue weighted by atomic mass is 10.0. The van der Waals surface area contributed by atoms with Crippen molar-refractivity contribution in [2.24, 2.45) is 0 Å². The summed E-state index contributed by atoms with van der Waals surface area (Å²) in [6, 6.07) is 0. The number of rotatable bonds is 57. The van der Waals surface area contributed by atoms with Crippen LogP contribution in [-0.4, -0.2) is 37.2 Å². The van der Waals surface area contributed by atoms with Gasteiger partial charge in [-0.05, 0) is 89.9 Å². The average Bonchev–Trinajstić information content (AvgIpc) is 3.40. The van der Waals surface area contributed by atoms with Crippen molar-refractivity contribution in [3.63, 3.8) is 0 Å². The molecular weight excluding hydrogens is 913 g/mol. The van der Waals surface area contributed by atoms with Crippen molar-refractivity contribution in [2.75, 3.05) is 13.2 Å². The monoisotopic (exact) mass is 1030 g/mol. The third-order valence-corrected chi connectivity index (χ3v) is 13.6. The van der Waals surface area contributed by atoms with E-state index in [1.807, 2.05) is 0 Å². The first-order chi connectivity index (χ1) is 36.5. The average molecular weight is 1030 g/mol. The lowest BCUT2D eigenvalue weighted by Gasteiger charge is -2.18.